The van der Waals surface area contributed by atoms with Crippen LogP contribution in [0, 0.1) is 10.1 Å². The third kappa shape index (κ3) is 312. The Hall–Kier alpha value is -0.791. The van der Waals surface area contributed by atoms with E-state index in [1.807, 2.05) is 0 Å². The largest absolute Gasteiger partial charge is 2.00 e. The van der Waals surface area contributed by atoms with Crippen LogP contribution in [0.25, 0.3) is 0 Å². The molecule has 0 amide bonds. The Kier molecular flexibility index (Phi) is 553. The minimum atomic E-state index is -1.50. The molecule has 0 bridgehead atoms. The van der Waals surface area contributed by atoms with E-state index in [4.69, 9.17) is 15.3 Å². The molecule has 0 aromatic rings. The van der Waals surface area contributed by atoms with Gasteiger partial charge in [-0.3, -0.25) is 0 Å². The van der Waals surface area contributed by atoms with Gasteiger partial charge in [0.1, 0.15) is 0 Å². The van der Waals surface area contributed by atoms with E-state index in [1.165, 1.54) is 0 Å². The zero-order chi connectivity index (χ0) is 3.58. The summed E-state index contributed by atoms with van der Waals surface area (Å²) in [6, 6.07) is 0. The first kappa shape index (κ1) is 87.4. The summed E-state index contributed by atoms with van der Waals surface area (Å²) in [6.45, 7) is 0. The summed E-state index contributed by atoms with van der Waals surface area (Å²) in [5, 5.41) is 13.6. The van der Waals surface area contributed by atoms with Crippen LogP contribution in [0.4, 0.5) is 0 Å². The topological polar surface area (TPSA) is 189 Å². The molecular formula is H11BeNO7. The van der Waals surface area contributed by atoms with Gasteiger partial charge < -0.3 is 30.0 Å². The first-order valence-electron chi connectivity index (χ1n) is 0.565. The fraction of sp³-hybridized carbons (Fsp3) is 0. The fourth-order valence-corrected chi connectivity index (χ4v) is 0. The molecular weight excluding hydrogens is 135 g/mol. The van der Waals surface area contributed by atoms with Crippen molar-refractivity contribution >= 4 is 10.1 Å². The number of hydrogen-bond acceptors (Lipinski definition) is 2. The summed E-state index contributed by atoms with van der Waals surface area (Å²) in [5.41, 5.74) is 0. The maximum Gasteiger partial charge on any atom is 2.00 e. The molecule has 9 heteroatoms. The van der Waals surface area contributed by atoms with Gasteiger partial charge >= 0.3 is 10.1 Å². The van der Waals surface area contributed by atoms with Gasteiger partial charge in [0, 0.05) is 0 Å². The molecule has 0 atom stereocenters. The number of nitrogens with zero attached hydrogens (tertiary/aromatic N) is 1. The molecule has 0 unspecified atom stereocenters. The third-order valence-electron chi connectivity index (χ3n) is 0. The summed E-state index contributed by atoms with van der Waals surface area (Å²) >= 11 is 0. The number of rotatable bonds is 0. The first-order chi connectivity index (χ1) is 1.73. The van der Waals surface area contributed by atoms with Gasteiger partial charge in [0.05, 0.1) is 0 Å². The van der Waals surface area contributed by atoms with Crippen LogP contribution >= 0.6 is 0 Å². The molecule has 60 valence electrons. The molecule has 0 fully saturated rings. The van der Waals surface area contributed by atoms with E-state index in [2.05, 4.69) is 0 Å². The van der Waals surface area contributed by atoms with E-state index in [0.717, 1.165) is 0 Å². The van der Waals surface area contributed by atoms with Crippen LogP contribution in [0.3, 0.4) is 0 Å². The molecule has 0 rings (SSSR count). The summed E-state index contributed by atoms with van der Waals surface area (Å²) in [7, 11) is 0. The van der Waals surface area contributed by atoms with Crippen LogP contribution in [0.2, 0.25) is 0 Å². The van der Waals surface area contributed by atoms with Crippen LogP contribution in [-0.4, -0.2) is 42.3 Å². The van der Waals surface area contributed by atoms with Crippen molar-refractivity contribution in [1.29, 1.82) is 0 Å². The molecule has 0 saturated heterocycles. The van der Waals surface area contributed by atoms with E-state index in [0.29, 0.717) is 0 Å². The molecule has 0 radical (unpaired) electrons. The maximum atomic E-state index is 8.36. The zero-order valence-electron chi connectivity index (χ0n) is 6.42. The molecule has 9 heavy (non-hydrogen) atoms. The minimum Gasteiger partial charge on any atom is -1.00 e. The van der Waals surface area contributed by atoms with E-state index >= 15 is 0 Å². The van der Waals surface area contributed by atoms with Gasteiger partial charge in [-0.05, 0) is 0 Å². The van der Waals surface area contributed by atoms with Crippen molar-refractivity contribution in [3.63, 3.8) is 0 Å². The summed E-state index contributed by atoms with van der Waals surface area (Å²) < 4.78 is 0. The molecule has 0 saturated carbocycles. The molecule has 0 aliphatic heterocycles. The van der Waals surface area contributed by atoms with Crippen LogP contribution in [0.15, 0.2) is 0 Å². The predicted octanol–water partition coefficient (Wildman–Crippen LogP) is -3.80. The van der Waals surface area contributed by atoms with Crippen molar-refractivity contribution in [2.75, 3.05) is 0 Å². The normalized spacial score (nSPS) is 2.67. The fourth-order valence-electron chi connectivity index (χ4n) is 0. The molecule has 0 heterocycles. The van der Waals surface area contributed by atoms with Crippen molar-refractivity contribution in [1.82, 2.24) is 0 Å². The van der Waals surface area contributed by atoms with Gasteiger partial charge in [0.25, 0.3) is 5.09 Å². The molecule has 9 N–H and O–H groups in total. The summed E-state index contributed by atoms with van der Waals surface area (Å²) in [4.78, 5) is 8.36. The van der Waals surface area contributed by atoms with Crippen molar-refractivity contribution in [3.8, 4) is 0 Å². The second-order valence-corrected chi connectivity index (χ2v) is 0.238. The Balaban J connectivity index is -0.00000000214. The van der Waals surface area contributed by atoms with Gasteiger partial charge in [0.2, 0.25) is 0 Å². The van der Waals surface area contributed by atoms with E-state index in [1.54, 1.807) is 0 Å². The van der Waals surface area contributed by atoms with Gasteiger partial charge in [-0.2, -0.15) is 0 Å². The Morgan fingerprint density at radius 3 is 1.22 bits per heavy atom. The monoisotopic (exact) mass is 146 g/mol. The maximum absolute atomic E-state index is 8.36. The van der Waals surface area contributed by atoms with Gasteiger partial charge in [-0.15, -0.1) is 10.1 Å². The zero-order valence-corrected chi connectivity index (χ0v) is 4.42. The molecule has 0 spiro atoms. The quantitative estimate of drug-likeness (QED) is 0.208. The average molecular weight is 146 g/mol. The standard InChI is InChI=1S/Be.HNO3.4H2O.2H/c;2-1(3)4;;;;;;/h;(H,2,3,4);4*1H2;;/q+2;;;;;;2*-1. The van der Waals surface area contributed by atoms with Gasteiger partial charge in [0.15, 0.2) is 0 Å². The first-order valence-corrected chi connectivity index (χ1v) is 0.565. The Bertz CT molecular complexity index is 39.4. The predicted molar refractivity (Wildman–Crippen MR) is 31.2 cm³/mol. The second kappa shape index (κ2) is 57.0. The molecule has 0 aromatic carbocycles. The number of hydrogen-bond donors (Lipinski definition) is 1. The van der Waals surface area contributed by atoms with Crippen molar-refractivity contribution in [3.05, 3.63) is 10.1 Å². The average Bonchev–Trinajstić information content (AvgIpc) is 0.811. The van der Waals surface area contributed by atoms with Crippen LogP contribution < -0.4 is 0 Å². The minimum absolute atomic E-state index is 0. The molecule has 0 aliphatic rings. The third-order valence-corrected chi connectivity index (χ3v) is 0. The SMILES string of the molecule is O.O.O.O.O=[N+]([O-])O.[Be+2].[H-].[H-]. The van der Waals surface area contributed by atoms with Crippen LogP contribution in [0.1, 0.15) is 2.85 Å². The molecule has 0 aliphatic carbocycles. The van der Waals surface area contributed by atoms with Crippen LogP contribution in [0.5, 0.6) is 0 Å². The Labute approximate surface area is 56.6 Å². The van der Waals surface area contributed by atoms with E-state index in [-0.39, 0.29) is 34.9 Å². The van der Waals surface area contributed by atoms with Crippen molar-refractivity contribution in [2.45, 2.75) is 0 Å². The summed E-state index contributed by atoms with van der Waals surface area (Å²) in [5.74, 6) is 0. The van der Waals surface area contributed by atoms with E-state index < -0.39 is 5.09 Å². The Morgan fingerprint density at radius 1 is 1.22 bits per heavy atom. The van der Waals surface area contributed by atoms with Gasteiger partial charge in [-0.1, -0.05) is 0 Å². The Morgan fingerprint density at radius 2 is 1.22 bits per heavy atom. The van der Waals surface area contributed by atoms with Gasteiger partial charge in [-0.25, -0.2) is 0 Å². The van der Waals surface area contributed by atoms with Crippen molar-refractivity contribution in [2.24, 2.45) is 0 Å². The molecule has 8 nitrogen and oxygen atoms in total. The van der Waals surface area contributed by atoms with Crippen LogP contribution in [-0.2, 0) is 0 Å². The molecule has 0 aromatic heterocycles. The van der Waals surface area contributed by atoms with Crippen molar-refractivity contribution < 1.29 is 35.1 Å². The second-order valence-electron chi connectivity index (χ2n) is 0.238. The summed E-state index contributed by atoms with van der Waals surface area (Å²) in [6.07, 6.45) is 0. The van der Waals surface area contributed by atoms with E-state index in [9.17, 15) is 0 Å². The smallest absolute Gasteiger partial charge is 1.00 e.